The van der Waals surface area contributed by atoms with Crippen molar-refractivity contribution in [1.29, 1.82) is 0 Å². The highest BCUT2D eigenvalue weighted by Crippen LogP contribution is 2.03. The molecule has 1 atom stereocenters. The summed E-state index contributed by atoms with van der Waals surface area (Å²) in [5.74, 6) is -0.201. The van der Waals surface area contributed by atoms with Gasteiger partial charge < -0.3 is 19.9 Å². The molecule has 0 fully saturated rings. The number of rotatable bonds is 3. The van der Waals surface area contributed by atoms with E-state index in [9.17, 15) is 4.79 Å². The summed E-state index contributed by atoms with van der Waals surface area (Å²) in [5.41, 5.74) is 0. The van der Waals surface area contributed by atoms with E-state index in [1.165, 1.54) is 6.26 Å². The summed E-state index contributed by atoms with van der Waals surface area (Å²) >= 11 is 0. The normalized spacial score (nSPS) is 17.8. The van der Waals surface area contributed by atoms with Gasteiger partial charge in [-0.25, -0.2) is 0 Å². The molecule has 0 unspecified atom stereocenters. The van der Waals surface area contributed by atoms with Gasteiger partial charge in [0.15, 0.2) is 0 Å². The van der Waals surface area contributed by atoms with E-state index in [-0.39, 0.29) is 18.2 Å². The largest absolute Gasteiger partial charge is 0.494 e. The van der Waals surface area contributed by atoms with Gasteiger partial charge in [0.05, 0.1) is 6.10 Å². The molecule has 0 aromatic heterocycles. The lowest BCUT2D eigenvalue weighted by Crippen LogP contribution is -2.33. The van der Waals surface area contributed by atoms with Gasteiger partial charge in [0.2, 0.25) is 5.76 Å². The van der Waals surface area contributed by atoms with Gasteiger partial charge in [-0.2, -0.15) is 0 Å². The first-order valence-corrected chi connectivity index (χ1v) is 4.11. The first-order valence-electron chi connectivity index (χ1n) is 4.11. The van der Waals surface area contributed by atoms with Gasteiger partial charge in [0, 0.05) is 6.54 Å². The fourth-order valence-corrected chi connectivity index (χ4v) is 0.815. The van der Waals surface area contributed by atoms with Crippen molar-refractivity contribution in [3.8, 4) is 0 Å². The third kappa shape index (κ3) is 3.33. The van der Waals surface area contributed by atoms with Crippen LogP contribution < -0.4 is 5.32 Å². The fraction of sp³-hybridized carbons (Fsp3) is 0.625. The van der Waals surface area contributed by atoms with E-state index < -0.39 is 6.10 Å². The van der Waals surface area contributed by atoms with Crippen molar-refractivity contribution in [2.75, 3.05) is 19.8 Å². The number of amides is 1. The molecule has 1 aliphatic rings. The Morgan fingerprint density at radius 2 is 2.54 bits per heavy atom. The number of nitrogens with one attached hydrogen (secondary N) is 1. The molecule has 5 heteroatoms. The van der Waals surface area contributed by atoms with Crippen molar-refractivity contribution in [3.05, 3.63) is 12.0 Å². The molecule has 0 aliphatic carbocycles. The maximum atomic E-state index is 11.2. The smallest absolute Gasteiger partial charge is 0.289 e. The molecule has 1 amide bonds. The second kappa shape index (κ2) is 4.71. The highest BCUT2D eigenvalue weighted by Gasteiger charge is 2.14. The molecule has 0 aromatic carbocycles. The summed E-state index contributed by atoms with van der Waals surface area (Å²) in [6.07, 6.45) is 0.718. The van der Waals surface area contributed by atoms with Gasteiger partial charge in [-0.1, -0.05) is 0 Å². The summed E-state index contributed by atoms with van der Waals surface area (Å²) in [6.45, 7) is 2.65. The molecule has 0 spiro atoms. The van der Waals surface area contributed by atoms with Crippen LogP contribution in [-0.4, -0.2) is 36.9 Å². The summed E-state index contributed by atoms with van der Waals surface area (Å²) in [4.78, 5) is 11.2. The van der Waals surface area contributed by atoms with Crippen molar-refractivity contribution in [3.63, 3.8) is 0 Å². The highest BCUT2D eigenvalue weighted by molar-refractivity contribution is 5.91. The standard InChI is InChI=1S/C8H13NO4/c1-6(10)4-9-8(11)7-5-12-2-3-13-7/h5-6,10H,2-4H2,1H3,(H,9,11)/t6-/m0/s1. The zero-order valence-electron chi connectivity index (χ0n) is 7.45. The lowest BCUT2D eigenvalue weighted by molar-refractivity contribution is -0.122. The highest BCUT2D eigenvalue weighted by atomic mass is 16.6. The Labute approximate surface area is 76.3 Å². The zero-order chi connectivity index (χ0) is 9.68. The van der Waals surface area contributed by atoms with Crippen LogP contribution in [0.4, 0.5) is 0 Å². The number of carbonyl (C=O) groups is 1. The van der Waals surface area contributed by atoms with Gasteiger partial charge in [-0.3, -0.25) is 4.79 Å². The third-order valence-electron chi connectivity index (χ3n) is 1.43. The van der Waals surface area contributed by atoms with Crippen molar-refractivity contribution in [1.82, 2.24) is 5.32 Å². The Bertz CT molecular complexity index is 212. The maximum absolute atomic E-state index is 11.2. The molecular weight excluding hydrogens is 174 g/mol. The van der Waals surface area contributed by atoms with E-state index >= 15 is 0 Å². The number of carbonyl (C=O) groups excluding carboxylic acids is 1. The summed E-state index contributed by atoms with van der Waals surface area (Å²) in [6, 6.07) is 0. The second-order valence-corrected chi connectivity index (χ2v) is 2.76. The molecule has 0 saturated carbocycles. The molecule has 1 heterocycles. The number of hydrogen-bond acceptors (Lipinski definition) is 4. The van der Waals surface area contributed by atoms with E-state index in [0.717, 1.165) is 0 Å². The van der Waals surface area contributed by atoms with E-state index in [4.69, 9.17) is 14.6 Å². The number of aliphatic hydroxyl groups is 1. The average molecular weight is 187 g/mol. The van der Waals surface area contributed by atoms with Crippen LogP contribution in [0.2, 0.25) is 0 Å². The molecule has 13 heavy (non-hydrogen) atoms. The van der Waals surface area contributed by atoms with Crippen molar-refractivity contribution in [2.24, 2.45) is 0 Å². The van der Waals surface area contributed by atoms with Crippen LogP contribution in [0, 0.1) is 0 Å². The molecule has 5 nitrogen and oxygen atoms in total. The summed E-state index contributed by atoms with van der Waals surface area (Å²) < 4.78 is 9.91. The molecule has 1 rings (SSSR count). The van der Waals surface area contributed by atoms with Gasteiger partial charge in [-0.15, -0.1) is 0 Å². The van der Waals surface area contributed by atoms with Crippen LogP contribution in [0.5, 0.6) is 0 Å². The Morgan fingerprint density at radius 3 is 3.08 bits per heavy atom. The Kier molecular flexibility index (Phi) is 3.57. The van der Waals surface area contributed by atoms with Gasteiger partial charge in [-0.05, 0) is 6.92 Å². The Balaban J connectivity index is 2.34. The van der Waals surface area contributed by atoms with Crippen molar-refractivity contribution in [2.45, 2.75) is 13.0 Å². The Morgan fingerprint density at radius 1 is 1.77 bits per heavy atom. The minimum atomic E-state index is -0.561. The third-order valence-corrected chi connectivity index (χ3v) is 1.43. The molecule has 0 saturated heterocycles. The first kappa shape index (κ1) is 9.85. The molecule has 0 radical (unpaired) electrons. The fourth-order valence-electron chi connectivity index (χ4n) is 0.815. The minimum absolute atomic E-state index is 0.159. The van der Waals surface area contributed by atoms with E-state index in [0.29, 0.717) is 13.2 Å². The zero-order valence-corrected chi connectivity index (χ0v) is 7.45. The van der Waals surface area contributed by atoms with Crippen molar-refractivity contribution >= 4 is 5.91 Å². The predicted octanol–water partition coefficient (Wildman–Crippen LogP) is -0.628. The van der Waals surface area contributed by atoms with E-state index in [2.05, 4.69) is 5.32 Å². The monoisotopic (exact) mass is 187 g/mol. The van der Waals surface area contributed by atoms with Crippen molar-refractivity contribution < 1.29 is 19.4 Å². The van der Waals surface area contributed by atoms with Crippen LogP contribution in [-0.2, 0) is 14.3 Å². The average Bonchev–Trinajstić information content (AvgIpc) is 2.15. The first-order chi connectivity index (χ1) is 6.20. The maximum Gasteiger partial charge on any atom is 0.289 e. The Hall–Kier alpha value is -1.23. The molecule has 1 aliphatic heterocycles. The van der Waals surface area contributed by atoms with Crippen LogP contribution in [0.1, 0.15) is 6.92 Å². The number of aliphatic hydroxyl groups excluding tert-OH is 1. The lowest BCUT2D eigenvalue weighted by atomic mass is 10.4. The number of ether oxygens (including phenoxy) is 2. The quantitative estimate of drug-likeness (QED) is 0.617. The van der Waals surface area contributed by atoms with Crippen LogP contribution in [0.3, 0.4) is 0 Å². The van der Waals surface area contributed by atoms with Gasteiger partial charge in [0.1, 0.15) is 19.5 Å². The molecule has 2 N–H and O–H groups in total. The van der Waals surface area contributed by atoms with Crippen LogP contribution >= 0.6 is 0 Å². The summed E-state index contributed by atoms with van der Waals surface area (Å²) in [7, 11) is 0. The van der Waals surface area contributed by atoms with E-state index in [1.807, 2.05) is 0 Å². The van der Waals surface area contributed by atoms with E-state index in [1.54, 1.807) is 6.92 Å². The minimum Gasteiger partial charge on any atom is -0.494 e. The lowest BCUT2D eigenvalue weighted by Gasteiger charge is -2.15. The van der Waals surface area contributed by atoms with Gasteiger partial charge in [0.25, 0.3) is 5.91 Å². The topological polar surface area (TPSA) is 67.8 Å². The molecular formula is C8H13NO4. The molecule has 0 aromatic rings. The molecule has 0 bridgehead atoms. The van der Waals surface area contributed by atoms with Crippen LogP contribution in [0.25, 0.3) is 0 Å². The second-order valence-electron chi connectivity index (χ2n) is 2.76. The molecule has 74 valence electrons. The summed E-state index contributed by atoms with van der Waals surface area (Å²) in [5, 5.41) is 11.4. The SMILES string of the molecule is C[C@H](O)CNC(=O)C1=COCCO1. The van der Waals surface area contributed by atoms with Gasteiger partial charge >= 0.3 is 0 Å². The van der Waals surface area contributed by atoms with Crippen LogP contribution in [0.15, 0.2) is 12.0 Å². The number of hydrogen-bond donors (Lipinski definition) is 2. The predicted molar refractivity (Wildman–Crippen MR) is 44.7 cm³/mol.